The lowest BCUT2D eigenvalue weighted by Crippen LogP contribution is -3.11. The summed E-state index contributed by atoms with van der Waals surface area (Å²) >= 11 is 0. The fraction of sp³-hybridized carbons (Fsp3) is 0.375. The van der Waals surface area contributed by atoms with E-state index in [-0.39, 0.29) is 5.56 Å². The fourth-order valence-corrected chi connectivity index (χ4v) is 4.02. The second-order valence-corrected chi connectivity index (χ2v) is 7.96. The molecule has 0 unspecified atom stereocenters. The lowest BCUT2D eigenvalue weighted by molar-refractivity contribution is -0.914. The van der Waals surface area contributed by atoms with Gasteiger partial charge in [-0.2, -0.15) is 5.10 Å². The fourth-order valence-electron chi connectivity index (χ4n) is 4.02. The maximum Gasteiger partial charge on any atom is 0.262 e. The normalized spacial score (nSPS) is 16.4. The van der Waals surface area contributed by atoms with E-state index in [1.54, 1.807) is 16.6 Å². The van der Waals surface area contributed by atoms with E-state index in [0.29, 0.717) is 30.0 Å². The Morgan fingerprint density at radius 2 is 1.84 bits per heavy atom. The van der Waals surface area contributed by atoms with Crippen molar-refractivity contribution < 1.29 is 9.64 Å². The van der Waals surface area contributed by atoms with Crippen LogP contribution in [0.2, 0.25) is 0 Å². The molecule has 0 spiro atoms. The Morgan fingerprint density at radius 3 is 2.61 bits per heavy atom. The number of nitrogens with one attached hydrogen (secondary N) is 2. The van der Waals surface area contributed by atoms with Crippen LogP contribution in [0.3, 0.4) is 0 Å². The highest BCUT2D eigenvalue weighted by molar-refractivity contribution is 5.85. The predicted octanol–water partition coefficient (Wildman–Crippen LogP) is 2.08. The molecule has 2 heterocycles. The van der Waals surface area contributed by atoms with Crippen LogP contribution in [-0.4, -0.2) is 42.1 Å². The maximum atomic E-state index is 13.0. The summed E-state index contributed by atoms with van der Waals surface area (Å²) in [6, 6.07) is 18.1. The maximum absolute atomic E-state index is 13.0. The van der Waals surface area contributed by atoms with Gasteiger partial charge in [-0.05, 0) is 18.6 Å². The molecule has 0 aliphatic carbocycles. The number of methoxy groups -OCH3 is 1. The zero-order valence-corrected chi connectivity index (χ0v) is 18.0. The van der Waals surface area contributed by atoms with Crippen molar-refractivity contribution >= 4 is 22.6 Å². The minimum Gasteiger partial charge on any atom is -0.385 e. The Hall–Kier alpha value is -3.03. The van der Waals surface area contributed by atoms with Crippen LogP contribution in [0.1, 0.15) is 24.8 Å². The number of anilines is 1. The molecule has 31 heavy (non-hydrogen) atoms. The Labute approximate surface area is 182 Å². The first kappa shape index (κ1) is 21.2. The van der Waals surface area contributed by atoms with Gasteiger partial charge in [0, 0.05) is 44.4 Å². The standard InChI is InChI=1S/C24H29N5O2/c1-31-17-7-14-29-23(30)21-10-5-6-11-22(21)25-24(29)27-26-20-12-15-28(16-13-20)18-19-8-3-2-4-9-19/h2-6,8-11H,7,12-18H2,1H3,(H,25,27)/p+1. The third-order valence-electron chi connectivity index (χ3n) is 5.74. The average Bonchev–Trinajstić information content (AvgIpc) is 2.81. The quantitative estimate of drug-likeness (QED) is 0.432. The zero-order valence-electron chi connectivity index (χ0n) is 18.0. The van der Waals surface area contributed by atoms with Crippen molar-refractivity contribution in [2.45, 2.75) is 32.4 Å². The summed E-state index contributed by atoms with van der Waals surface area (Å²) in [5.41, 5.74) is 6.23. The number of hydrogen-bond donors (Lipinski definition) is 2. The molecule has 2 aromatic carbocycles. The van der Waals surface area contributed by atoms with Crippen molar-refractivity contribution in [2.24, 2.45) is 5.10 Å². The number of piperidine rings is 1. The third-order valence-corrected chi connectivity index (χ3v) is 5.74. The second kappa shape index (κ2) is 10.3. The Kier molecular flexibility index (Phi) is 7.07. The van der Waals surface area contributed by atoms with Crippen molar-refractivity contribution in [1.82, 2.24) is 9.55 Å². The van der Waals surface area contributed by atoms with E-state index in [9.17, 15) is 4.79 Å². The molecule has 0 atom stereocenters. The van der Waals surface area contributed by atoms with Crippen molar-refractivity contribution in [3.05, 3.63) is 70.5 Å². The number of rotatable bonds is 8. The third kappa shape index (κ3) is 5.37. The number of likely N-dealkylation sites (tertiary alicyclic amines) is 1. The molecular formula is C24H30N5O2+. The lowest BCUT2D eigenvalue weighted by atomic mass is 10.1. The monoisotopic (exact) mass is 420 g/mol. The van der Waals surface area contributed by atoms with Gasteiger partial charge >= 0.3 is 0 Å². The molecule has 1 aliphatic rings. The number of aromatic nitrogens is 2. The van der Waals surface area contributed by atoms with Crippen LogP contribution in [0.5, 0.6) is 0 Å². The highest BCUT2D eigenvalue weighted by Gasteiger charge is 2.19. The number of benzene rings is 2. The van der Waals surface area contributed by atoms with Crippen LogP contribution in [-0.2, 0) is 17.8 Å². The number of nitrogens with zero attached hydrogens (tertiary/aromatic N) is 3. The average molecular weight is 421 g/mol. The number of para-hydroxylation sites is 1. The molecular weight excluding hydrogens is 390 g/mol. The van der Waals surface area contributed by atoms with Gasteiger partial charge in [-0.25, -0.2) is 10.4 Å². The predicted molar refractivity (Wildman–Crippen MR) is 124 cm³/mol. The number of quaternary nitrogens is 1. The van der Waals surface area contributed by atoms with Crippen LogP contribution in [0.25, 0.3) is 10.9 Å². The number of hydrazone groups is 1. The number of hydrogen-bond acceptors (Lipinski definition) is 5. The molecule has 0 saturated carbocycles. The molecule has 7 heteroatoms. The minimum absolute atomic E-state index is 0.0495. The van der Waals surface area contributed by atoms with E-state index in [4.69, 9.17) is 4.74 Å². The number of fused-ring (bicyclic) bond motifs is 1. The van der Waals surface area contributed by atoms with Gasteiger partial charge in [0.2, 0.25) is 5.95 Å². The van der Waals surface area contributed by atoms with Gasteiger partial charge in [0.15, 0.2) is 0 Å². The zero-order chi connectivity index (χ0) is 21.5. The second-order valence-electron chi connectivity index (χ2n) is 7.96. The summed E-state index contributed by atoms with van der Waals surface area (Å²) in [6.07, 6.45) is 2.62. The van der Waals surface area contributed by atoms with E-state index in [2.05, 4.69) is 45.8 Å². The largest absolute Gasteiger partial charge is 0.385 e. The van der Waals surface area contributed by atoms with E-state index in [0.717, 1.165) is 44.6 Å². The minimum atomic E-state index is -0.0495. The topological polar surface area (TPSA) is 72.9 Å². The molecule has 0 bridgehead atoms. The highest BCUT2D eigenvalue weighted by atomic mass is 16.5. The summed E-state index contributed by atoms with van der Waals surface area (Å²) in [5, 5.41) is 5.25. The van der Waals surface area contributed by atoms with Crippen LogP contribution in [0.4, 0.5) is 5.95 Å². The molecule has 1 fully saturated rings. The summed E-state index contributed by atoms with van der Waals surface area (Å²) < 4.78 is 6.82. The van der Waals surface area contributed by atoms with Gasteiger partial charge in [-0.15, -0.1) is 0 Å². The summed E-state index contributed by atoms with van der Waals surface area (Å²) in [5.74, 6) is 0.492. The summed E-state index contributed by atoms with van der Waals surface area (Å²) in [6.45, 7) is 4.29. The summed E-state index contributed by atoms with van der Waals surface area (Å²) in [7, 11) is 1.67. The van der Waals surface area contributed by atoms with Crippen LogP contribution >= 0.6 is 0 Å². The molecule has 1 aliphatic heterocycles. The van der Waals surface area contributed by atoms with Crippen molar-refractivity contribution in [3.8, 4) is 0 Å². The molecule has 4 rings (SSSR count). The van der Waals surface area contributed by atoms with Gasteiger partial charge < -0.3 is 9.64 Å². The van der Waals surface area contributed by atoms with E-state index >= 15 is 0 Å². The molecule has 1 aromatic heterocycles. The van der Waals surface area contributed by atoms with Crippen LogP contribution in [0, 0.1) is 0 Å². The first-order valence-electron chi connectivity index (χ1n) is 10.9. The molecule has 1 saturated heterocycles. The van der Waals surface area contributed by atoms with Crippen molar-refractivity contribution in [3.63, 3.8) is 0 Å². The highest BCUT2D eigenvalue weighted by Crippen LogP contribution is 2.12. The van der Waals surface area contributed by atoms with Crippen molar-refractivity contribution in [1.29, 1.82) is 0 Å². The van der Waals surface area contributed by atoms with E-state index < -0.39 is 0 Å². The van der Waals surface area contributed by atoms with Gasteiger partial charge in [0.05, 0.1) is 24.0 Å². The van der Waals surface area contributed by atoms with E-state index in [1.807, 2.05) is 24.3 Å². The lowest BCUT2D eigenvalue weighted by Gasteiger charge is -2.24. The van der Waals surface area contributed by atoms with E-state index in [1.165, 1.54) is 5.56 Å². The van der Waals surface area contributed by atoms with Gasteiger partial charge in [0.1, 0.15) is 6.54 Å². The van der Waals surface area contributed by atoms with Gasteiger partial charge in [0.25, 0.3) is 5.56 Å². The molecule has 7 nitrogen and oxygen atoms in total. The molecule has 0 amide bonds. The summed E-state index contributed by atoms with van der Waals surface area (Å²) in [4.78, 5) is 19.2. The Bertz CT molecular complexity index is 1080. The first-order valence-corrected chi connectivity index (χ1v) is 10.9. The first-order chi connectivity index (χ1) is 15.2. The molecule has 162 valence electrons. The van der Waals surface area contributed by atoms with Crippen molar-refractivity contribution in [2.75, 3.05) is 32.2 Å². The van der Waals surface area contributed by atoms with Gasteiger partial charge in [-0.1, -0.05) is 42.5 Å². The number of ether oxygens (including phenoxy) is 1. The molecule has 2 N–H and O–H groups in total. The SMILES string of the molecule is COCCCn1c(NN=C2CC[NH+](Cc3ccccc3)CC2)nc2ccccc2c1=O. The Morgan fingerprint density at radius 1 is 1.10 bits per heavy atom. The van der Waals surface area contributed by atoms with Crippen LogP contribution in [0.15, 0.2) is 64.5 Å². The molecule has 3 aromatic rings. The smallest absolute Gasteiger partial charge is 0.262 e. The molecule has 0 radical (unpaired) electrons. The Balaban J connectivity index is 1.46. The van der Waals surface area contributed by atoms with Crippen LogP contribution < -0.4 is 15.9 Å². The van der Waals surface area contributed by atoms with Gasteiger partial charge in [-0.3, -0.25) is 9.36 Å².